The lowest BCUT2D eigenvalue weighted by atomic mass is 10.0. The molecule has 1 N–H and O–H groups in total. The summed E-state index contributed by atoms with van der Waals surface area (Å²) in [7, 11) is -2.67. The topological polar surface area (TPSA) is 88.6 Å². The molecule has 0 aliphatic carbocycles. The number of benzene rings is 1. The van der Waals surface area contributed by atoms with Crippen LogP contribution < -0.4 is 5.32 Å². The van der Waals surface area contributed by atoms with Crippen molar-refractivity contribution >= 4 is 39.9 Å². The summed E-state index contributed by atoms with van der Waals surface area (Å²) in [6.07, 6.45) is 0.925. The molecule has 1 aliphatic rings. The third kappa shape index (κ3) is 4.33. The van der Waals surface area contributed by atoms with Gasteiger partial charge in [-0.1, -0.05) is 31.2 Å². The highest BCUT2D eigenvalue weighted by Crippen LogP contribution is 2.31. The first-order valence-electron chi connectivity index (χ1n) is 8.33. The molecule has 2 heterocycles. The van der Waals surface area contributed by atoms with Crippen molar-refractivity contribution in [3.8, 4) is 0 Å². The molecule has 0 radical (unpaired) electrons. The van der Waals surface area contributed by atoms with Crippen LogP contribution in [0.2, 0.25) is 0 Å². The van der Waals surface area contributed by atoms with Gasteiger partial charge in [-0.3, -0.25) is 0 Å². The number of ether oxygens (including phenoxy) is 1. The van der Waals surface area contributed by atoms with E-state index in [9.17, 15) is 13.2 Å². The molecule has 7 nitrogen and oxygen atoms in total. The van der Waals surface area contributed by atoms with Gasteiger partial charge in [0.25, 0.3) is 0 Å². The van der Waals surface area contributed by atoms with Crippen molar-refractivity contribution in [1.82, 2.24) is 14.0 Å². The Balaban J connectivity index is 0.00000261. The monoisotopic (exact) mass is 431 g/mol. The van der Waals surface area contributed by atoms with Gasteiger partial charge in [0.15, 0.2) is 5.69 Å². The molecule has 1 aromatic carbocycles. The number of aryl methyl sites for hydroxylation is 1. The highest BCUT2D eigenvalue weighted by atomic mass is 35.5. The number of hydrogen-bond donors (Lipinski definition) is 1. The smallest absolute Gasteiger partial charge is 0.359 e. The maximum atomic E-state index is 13.3. The van der Waals surface area contributed by atoms with E-state index < -0.39 is 16.0 Å². The van der Waals surface area contributed by atoms with E-state index in [2.05, 4.69) is 21.4 Å². The number of nitrogens with zero attached hydrogens (tertiary/aromatic N) is 2. The molecule has 0 spiro atoms. The Hall–Kier alpha value is -1.52. The van der Waals surface area contributed by atoms with Gasteiger partial charge in [0, 0.05) is 25.0 Å². The molecule has 148 valence electrons. The van der Waals surface area contributed by atoms with Crippen molar-refractivity contribution in [2.45, 2.75) is 24.3 Å². The lowest BCUT2D eigenvalue weighted by Gasteiger charge is -2.35. The Bertz CT molecular complexity index is 884. The van der Waals surface area contributed by atoms with E-state index in [1.165, 1.54) is 22.4 Å². The van der Waals surface area contributed by atoms with Crippen LogP contribution >= 0.6 is 23.9 Å². The highest BCUT2D eigenvalue weighted by Gasteiger charge is 2.37. The molecule has 1 fully saturated rings. The van der Waals surface area contributed by atoms with E-state index in [4.69, 9.17) is 0 Å². The normalized spacial score (nSPS) is 17.9. The fourth-order valence-electron chi connectivity index (χ4n) is 3.00. The molecule has 1 unspecified atom stereocenters. The molecule has 2 aromatic rings. The zero-order valence-corrected chi connectivity index (χ0v) is 17.5. The minimum atomic E-state index is -3.88. The van der Waals surface area contributed by atoms with E-state index in [0.717, 1.165) is 23.5 Å². The number of esters is 1. The van der Waals surface area contributed by atoms with Crippen LogP contribution in [0.5, 0.6) is 0 Å². The van der Waals surface area contributed by atoms with Crippen LogP contribution in [-0.4, -0.2) is 49.8 Å². The second-order valence-corrected chi connectivity index (χ2v) is 8.44. The third-order valence-corrected chi connectivity index (χ3v) is 7.17. The lowest BCUT2D eigenvalue weighted by Crippen LogP contribution is -2.48. The van der Waals surface area contributed by atoms with Crippen molar-refractivity contribution in [3.63, 3.8) is 0 Å². The van der Waals surface area contributed by atoms with Crippen molar-refractivity contribution in [2.75, 3.05) is 26.7 Å². The van der Waals surface area contributed by atoms with Gasteiger partial charge in [-0.25, -0.2) is 13.2 Å². The number of methoxy groups -OCH3 is 1. The number of sulfonamides is 1. The lowest BCUT2D eigenvalue weighted by molar-refractivity contribution is 0.0590. The fraction of sp³-hybridized carbons (Fsp3) is 0.412. The number of rotatable bonds is 5. The van der Waals surface area contributed by atoms with Crippen LogP contribution in [0, 0.1) is 0 Å². The highest BCUT2D eigenvalue weighted by molar-refractivity contribution is 7.89. The Morgan fingerprint density at radius 3 is 2.70 bits per heavy atom. The SMILES string of the molecule is CCc1ccc(C2CNCCN2S(=O)(=O)c2csnc2C(=O)OC)cc1.Cl. The van der Waals surface area contributed by atoms with Gasteiger partial charge in [0.2, 0.25) is 10.0 Å². The number of nitrogens with one attached hydrogen (secondary N) is 1. The van der Waals surface area contributed by atoms with Crippen molar-refractivity contribution in [1.29, 1.82) is 0 Å². The average molecular weight is 432 g/mol. The summed E-state index contributed by atoms with van der Waals surface area (Å²) < 4.78 is 36.5. The Morgan fingerprint density at radius 2 is 2.07 bits per heavy atom. The van der Waals surface area contributed by atoms with Crippen LogP contribution in [0.1, 0.15) is 34.6 Å². The quantitative estimate of drug-likeness (QED) is 0.730. The number of aromatic nitrogens is 1. The summed E-state index contributed by atoms with van der Waals surface area (Å²) in [5, 5.41) is 4.64. The number of hydrogen-bond acceptors (Lipinski definition) is 7. The van der Waals surface area contributed by atoms with Gasteiger partial charge in [0.1, 0.15) is 4.90 Å². The molecular formula is C17H22ClN3O4S2. The number of carbonyl (C=O) groups excluding carboxylic acids is 1. The summed E-state index contributed by atoms with van der Waals surface area (Å²) in [6.45, 7) is 3.45. The van der Waals surface area contributed by atoms with E-state index >= 15 is 0 Å². The van der Waals surface area contributed by atoms with Crippen LogP contribution in [0.25, 0.3) is 0 Å². The Morgan fingerprint density at radius 1 is 1.37 bits per heavy atom. The molecule has 3 rings (SSSR count). The minimum absolute atomic E-state index is 0. The second kappa shape index (κ2) is 9.11. The first-order chi connectivity index (χ1) is 12.5. The van der Waals surface area contributed by atoms with E-state index in [1.54, 1.807) is 0 Å². The van der Waals surface area contributed by atoms with Crippen molar-refractivity contribution in [2.24, 2.45) is 0 Å². The molecule has 10 heteroatoms. The van der Waals surface area contributed by atoms with Crippen LogP contribution in [-0.2, 0) is 21.2 Å². The predicted molar refractivity (Wildman–Crippen MR) is 106 cm³/mol. The molecular weight excluding hydrogens is 410 g/mol. The molecule has 0 amide bonds. The zero-order chi connectivity index (χ0) is 18.7. The van der Waals surface area contributed by atoms with Gasteiger partial charge in [-0.2, -0.15) is 8.68 Å². The summed E-state index contributed by atoms with van der Waals surface area (Å²) in [5.74, 6) is -0.746. The molecule has 1 atom stereocenters. The van der Waals surface area contributed by atoms with Gasteiger partial charge < -0.3 is 10.1 Å². The second-order valence-electron chi connectivity index (χ2n) is 5.95. The van der Waals surface area contributed by atoms with E-state index in [-0.39, 0.29) is 29.0 Å². The molecule has 27 heavy (non-hydrogen) atoms. The molecule has 1 saturated heterocycles. The first kappa shape index (κ1) is 21.8. The maximum absolute atomic E-state index is 13.3. The number of piperazine rings is 1. The minimum Gasteiger partial charge on any atom is -0.464 e. The van der Waals surface area contributed by atoms with Crippen molar-refractivity contribution < 1.29 is 17.9 Å². The van der Waals surface area contributed by atoms with Crippen LogP contribution in [0.15, 0.2) is 34.5 Å². The fourth-order valence-corrected chi connectivity index (χ4v) is 5.71. The number of carbonyl (C=O) groups is 1. The van der Waals surface area contributed by atoms with Crippen LogP contribution in [0.4, 0.5) is 0 Å². The molecule has 1 aromatic heterocycles. The first-order valence-corrected chi connectivity index (χ1v) is 10.6. The largest absolute Gasteiger partial charge is 0.464 e. The van der Waals surface area contributed by atoms with Crippen LogP contribution in [0.3, 0.4) is 0 Å². The summed E-state index contributed by atoms with van der Waals surface area (Å²) in [4.78, 5) is 11.8. The summed E-state index contributed by atoms with van der Waals surface area (Å²) >= 11 is 0.930. The van der Waals surface area contributed by atoms with E-state index in [0.29, 0.717) is 19.6 Å². The standard InChI is InChI=1S/C17H21N3O4S2.ClH/c1-3-12-4-6-13(7-5-12)14-10-18-8-9-20(14)26(22,23)15-11-25-19-16(15)17(21)24-2;/h4-7,11,14,18H,3,8-10H2,1-2H3;1H. The predicted octanol–water partition coefficient (Wildman–Crippen LogP) is 2.25. The van der Waals surface area contributed by atoms with E-state index in [1.807, 2.05) is 24.3 Å². The Kier molecular flexibility index (Phi) is 7.35. The third-order valence-electron chi connectivity index (χ3n) is 4.47. The van der Waals surface area contributed by atoms with Gasteiger partial charge >= 0.3 is 5.97 Å². The summed E-state index contributed by atoms with van der Waals surface area (Å²) in [5.41, 5.74) is 1.96. The molecule has 1 aliphatic heterocycles. The molecule has 0 saturated carbocycles. The average Bonchev–Trinajstić information content (AvgIpc) is 3.18. The maximum Gasteiger partial charge on any atom is 0.359 e. The van der Waals surface area contributed by atoms with Gasteiger partial charge in [0.05, 0.1) is 13.2 Å². The van der Waals surface area contributed by atoms with Crippen molar-refractivity contribution in [3.05, 3.63) is 46.5 Å². The van der Waals surface area contributed by atoms with Gasteiger partial charge in [-0.15, -0.1) is 12.4 Å². The Labute approximate surface area is 169 Å². The van der Waals surface area contributed by atoms with Gasteiger partial charge in [-0.05, 0) is 29.1 Å². The molecule has 0 bridgehead atoms. The zero-order valence-electron chi connectivity index (χ0n) is 15.0. The summed E-state index contributed by atoms with van der Waals surface area (Å²) in [6, 6.07) is 7.62. The number of halogens is 1.